The molecular formula is C23H24N4O3. The van der Waals surface area contributed by atoms with Gasteiger partial charge in [-0.05, 0) is 24.1 Å². The molecule has 7 heteroatoms. The monoisotopic (exact) mass is 404 g/mol. The fraction of sp³-hybridized carbons (Fsp3) is 0.217. The van der Waals surface area contributed by atoms with Crippen molar-refractivity contribution in [3.63, 3.8) is 0 Å². The maximum Gasteiger partial charge on any atom is 0.331 e. The second kappa shape index (κ2) is 10.7. The minimum absolute atomic E-state index is 0.239. The van der Waals surface area contributed by atoms with Crippen molar-refractivity contribution in [1.29, 1.82) is 0 Å². The average molecular weight is 404 g/mol. The van der Waals surface area contributed by atoms with Crippen LogP contribution in [0, 0.1) is 0 Å². The van der Waals surface area contributed by atoms with Crippen LogP contribution in [0.15, 0.2) is 72.9 Å². The highest BCUT2D eigenvalue weighted by atomic mass is 16.5. The number of hydrogen-bond donors (Lipinski definition) is 0. The Hall–Kier alpha value is -3.74. The number of aromatic nitrogens is 3. The first kappa shape index (κ1) is 21.0. The maximum atomic E-state index is 12.3. The molecule has 0 saturated carbocycles. The third-order valence-corrected chi connectivity index (χ3v) is 4.42. The lowest BCUT2D eigenvalue weighted by molar-refractivity contribution is -0.148. The maximum absolute atomic E-state index is 12.3. The van der Waals surface area contributed by atoms with Crippen LogP contribution in [0.4, 0.5) is 0 Å². The van der Waals surface area contributed by atoms with E-state index in [-0.39, 0.29) is 12.5 Å². The second-order valence-electron chi connectivity index (χ2n) is 6.66. The van der Waals surface area contributed by atoms with Crippen molar-refractivity contribution >= 4 is 18.0 Å². The number of benzene rings is 2. The van der Waals surface area contributed by atoms with Gasteiger partial charge in [-0.1, -0.05) is 65.9 Å². The molecule has 1 amide bonds. The van der Waals surface area contributed by atoms with Crippen LogP contribution >= 0.6 is 0 Å². The largest absolute Gasteiger partial charge is 0.452 e. The molecule has 0 fully saturated rings. The van der Waals surface area contributed by atoms with Crippen molar-refractivity contribution < 1.29 is 14.3 Å². The highest BCUT2D eigenvalue weighted by Crippen LogP contribution is 2.06. The van der Waals surface area contributed by atoms with E-state index < -0.39 is 5.97 Å². The van der Waals surface area contributed by atoms with Gasteiger partial charge in [0.25, 0.3) is 5.91 Å². The highest BCUT2D eigenvalue weighted by molar-refractivity contribution is 5.89. The molecule has 0 atom stereocenters. The molecule has 7 nitrogen and oxygen atoms in total. The van der Waals surface area contributed by atoms with Crippen molar-refractivity contribution in [3.05, 3.63) is 89.8 Å². The summed E-state index contributed by atoms with van der Waals surface area (Å²) in [5.41, 5.74) is 2.66. The zero-order valence-corrected chi connectivity index (χ0v) is 16.8. The van der Waals surface area contributed by atoms with Gasteiger partial charge >= 0.3 is 5.97 Å². The van der Waals surface area contributed by atoms with Gasteiger partial charge < -0.3 is 9.64 Å². The minimum Gasteiger partial charge on any atom is -0.452 e. The van der Waals surface area contributed by atoms with Gasteiger partial charge in [-0.15, -0.1) is 5.10 Å². The van der Waals surface area contributed by atoms with E-state index in [1.807, 2.05) is 67.6 Å². The summed E-state index contributed by atoms with van der Waals surface area (Å²) in [7, 11) is 0. The Labute approximate surface area is 175 Å². The average Bonchev–Trinajstić information content (AvgIpc) is 3.23. The zero-order valence-electron chi connectivity index (χ0n) is 16.8. The molecule has 154 valence electrons. The van der Waals surface area contributed by atoms with Gasteiger partial charge in [0.2, 0.25) is 0 Å². The smallest absolute Gasteiger partial charge is 0.331 e. The van der Waals surface area contributed by atoms with Crippen LogP contribution in [0.3, 0.4) is 0 Å². The molecule has 0 saturated heterocycles. The molecular weight excluding hydrogens is 380 g/mol. The Bertz CT molecular complexity index is 984. The summed E-state index contributed by atoms with van der Waals surface area (Å²) >= 11 is 0. The molecule has 0 aliphatic heterocycles. The van der Waals surface area contributed by atoms with Crippen molar-refractivity contribution in [2.45, 2.75) is 20.0 Å². The van der Waals surface area contributed by atoms with E-state index in [0.717, 1.165) is 11.1 Å². The molecule has 0 spiro atoms. The Morgan fingerprint density at radius 1 is 1.03 bits per heavy atom. The molecule has 0 N–H and O–H groups in total. The van der Waals surface area contributed by atoms with Gasteiger partial charge in [0.15, 0.2) is 6.61 Å². The molecule has 0 unspecified atom stereocenters. The number of ether oxygens (including phenoxy) is 1. The van der Waals surface area contributed by atoms with Crippen LogP contribution in [0.2, 0.25) is 0 Å². The molecule has 1 aromatic heterocycles. The highest BCUT2D eigenvalue weighted by Gasteiger charge is 2.14. The SMILES string of the molecule is CCN(Cc1ccccc1)C(=O)COC(=O)/C=C/c1cn(Cc2ccccc2)nn1. The number of carbonyl (C=O) groups is 2. The molecule has 1 heterocycles. The fourth-order valence-electron chi connectivity index (χ4n) is 2.84. The minimum atomic E-state index is -0.600. The van der Waals surface area contributed by atoms with Crippen LogP contribution in [0.5, 0.6) is 0 Å². The van der Waals surface area contributed by atoms with Crippen molar-refractivity contribution in [3.8, 4) is 0 Å². The lowest BCUT2D eigenvalue weighted by Gasteiger charge is -2.20. The van der Waals surface area contributed by atoms with Crippen LogP contribution in [0.25, 0.3) is 6.08 Å². The molecule has 2 aromatic carbocycles. The third-order valence-electron chi connectivity index (χ3n) is 4.42. The fourth-order valence-corrected chi connectivity index (χ4v) is 2.84. The quantitative estimate of drug-likeness (QED) is 0.405. The summed E-state index contributed by atoms with van der Waals surface area (Å²) in [6, 6.07) is 19.6. The number of nitrogens with zero attached hydrogens (tertiary/aromatic N) is 4. The first-order valence-corrected chi connectivity index (χ1v) is 9.74. The summed E-state index contributed by atoms with van der Waals surface area (Å²) in [5, 5.41) is 8.05. The summed E-state index contributed by atoms with van der Waals surface area (Å²) in [6.45, 7) is 3.19. The van der Waals surface area contributed by atoms with Crippen molar-refractivity contribution in [1.82, 2.24) is 19.9 Å². The van der Waals surface area contributed by atoms with Gasteiger partial charge in [-0.25, -0.2) is 9.48 Å². The molecule has 30 heavy (non-hydrogen) atoms. The van der Waals surface area contributed by atoms with Crippen molar-refractivity contribution in [2.24, 2.45) is 0 Å². The van der Waals surface area contributed by atoms with E-state index in [9.17, 15) is 9.59 Å². The Morgan fingerprint density at radius 3 is 2.37 bits per heavy atom. The van der Waals surface area contributed by atoms with Gasteiger partial charge in [0.05, 0.1) is 12.7 Å². The van der Waals surface area contributed by atoms with Crippen molar-refractivity contribution in [2.75, 3.05) is 13.2 Å². The first-order chi connectivity index (χ1) is 14.6. The van der Waals surface area contributed by atoms with E-state index in [0.29, 0.717) is 25.3 Å². The Balaban J connectivity index is 1.46. The second-order valence-corrected chi connectivity index (χ2v) is 6.66. The van der Waals surface area contributed by atoms with Crippen LogP contribution in [-0.4, -0.2) is 44.9 Å². The van der Waals surface area contributed by atoms with Gasteiger partial charge in [0, 0.05) is 19.2 Å². The van der Waals surface area contributed by atoms with Crippen LogP contribution in [0.1, 0.15) is 23.7 Å². The van der Waals surface area contributed by atoms with E-state index in [2.05, 4.69) is 10.3 Å². The van der Waals surface area contributed by atoms with Crippen LogP contribution < -0.4 is 0 Å². The molecule has 3 aromatic rings. The molecule has 3 rings (SSSR count). The predicted octanol–water partition coefficient (Wildman–Crippen LogP) is 2.93. The lowest BCUT2D eigenvalue weighted by atomic mass is 10.2. The Kier molecular flexibility index (Phi) is 7.49. The number of hydrogen-bond acceptors (Lipinski definition) is 5. The summed E-state index contributed by atoms with van der Waals surface area (Å²) in [6.07, 6.45) is 4.50. The van der Waals surface area contributed by atoms with Crippen LogP contribution in [-0.2, 0) is 27.4 Å². The van der Waals surface area contributed by atoms with E-state index in [1.165, 1.54) is 12.2 Å². The van der Waals surface area contributed by atoms with Gasteiger partial charge in [-0.2, -0.15) is 0 Å². The van der Waals surface area contributed by atoms with Gasteiger partial charge in [0.1, 0.15) is 5.69 Å². The van der Waals surface area contributed by atoms with E-state index in [1.54, 1.807) is 15.8 Å². The summed E-state index contributed by atoms with van der Waals surface area (Å²) < 4.78 is 6.76. The van der Waals surface area contributed by atoms with E-state index >= 15 is 0 Å². The predicted molar refractivity (Wildman–Crippen MR) is 113 cm³/mol. The third kappa shape index (κ3) is 6.41. The van der Waals surface area contributed by atoms with Gasteiger partial charge in [-0.3, -0.25) is 4.79 Å². The zero-order chi connectivity index (χ0) is 21.2. The number of likely N-dealkylation sites (N-methyl/N-ethyl adjacent to an activating group) is 1. The molecule has 0 aliphatic rings. The number of rotatable bonds is 9. The van der Waals surface area contributed by atoms with E-state index in [4.69, 9.17) is 4.74 Å². The molecule has 0 aliphatic carbocycles. The molecule has 0 radical (unpaired) electrons. The summed E-state index contributed by atoms with van der Waals surface area (Å²) in [5.74, 6) is -0.839. The first-order valence-electron chi connectivity index (χ1n) is 9.74. The summed E-state index contributed by atoms with van der Waals surface area (Å²) in [4.78, 5) is 25.9. The topological polar surface area (TPSA) is 77.3 Å². The molecule has 0 bridgehead atoms. The number of carbonyl (C=O) groups excluding carboxylic acids is 2. The standard InChI is InChI=1S/C23H24N4O3/c1-2-26(15-19-9-5-3-6-10-19)22(28)18-30-23(29)14-13-21-17-27(25-24-21)16-20-11-7-4-8-12-20/h3-14,17H,2,15-16,18H2,1H3/b14-13+. The lowest BCUT2D eigenvalue weighted by Crippen LogP contribution is -2.33. The number of amides is 1. The Morgan fingerprint density at radius 2 is 1.70 bits per heavy atom. The normalized spacial score (nSPS) is 10.8. The number of esters is 1.